The molecule has 15 heteroatoms. The fourth-order valence-electron chi connectivity index (χ4n) is 2.87. The Morgan fingerprint density at radius 3 is 2.00 bits per heavy atom. The highest BCUT2D eigenvalue weighted by atomic mass is 32.2. The van der Waals surface area contributed by atoms with Crippen LogP contribution in [0.4, 0.5) is 26.3 Å². The van der Waals surface area contributed by atoms with Crippen molar-refractivity contribution in [1.82, 2.24) is 10.3 Å². The van der Waals surface area contributed by atoms with Crippen LogP contribution >= 0.6 is 0 Å². The quantitative estimate of drug-likeness (QED) is 0.506. The number of nitrogens with zero attached hydrogens (tertiary/aromatic N) is 1. The summed E-state index contributed by atoms with van der Waals surface area (Å²) in [5.41, 5.74) is -3.50. The predicted molar refractivity (Wildman–Crippen MR) is 117 cm³/mol. The van der Waals surface area contributed by atoms with Gasteiger partial charge in [0.2, 0.25) is 0 Å². The summed E-state index contributed by atoms with van der Waals surface area (Å²) in [5.74, 6) is -1.28. The molecule has 200 valence electrons. The predicted octanol–water partition coefficient (Wildman–Crippen LogP) is 4.28. The van der Waals surface area contributed by atoms with E-state index >= 15 is 0 Å². The first-order valence-electron chi connectivity index (χ1n) is 10.1. The highest BCUT2D eigenvalue weighted by Crippen LogP contribution is 2.34. The van der Waals surface area contributed by atoms with E-state index in [4.69, 9.17) is 0 Å². The summed E-state index contributed by atoms with van der Waals surface area (Å²) < 4.78 is 128. The van der Waals surface area contributed by atoms with Crippen molar-refractivity contribution in [2.75, 3.05) is 6.54 Å². The molecule has 0 unspecified atom stereocenters. The van der Waals surface area contributed by atoms with Gasteiger partial charge in [-0.3, -0.25) is 4.79 Å². The molecule has 1 amide bonds. The van der Waals surface area contributed by atoms with E-state index in [2.05, 4.69) is 10.3 Å². The molecular formula is C21H22F6N2O5S2. The molecule has 2 aromatic rings. The van der Waals surface area contributed by atoms with E-state index in [9.17, 15) is 48.0 Å². The zero-order valence-corrected chi connectivity index (χ0v) is 21.0. The lowest BCUT2D eigenvalue weighted by molar-refractivity contribution is -0.138. The Bertz CT molecular complexity index is 1370. The number of benzene rings is 1. The molecule has 7 nitrogen and oxygen atoms in total. The van der Waals surface area contributed by atoms with Crippen LogP contribution in [-0.2, 0) is 32.0 Å². The molecule has 0 radical (unpaired) electrons. The average Bonchev–Trinajstić information content (AvgIpc) is 2.75. The maximum absolute atomic E-state index is 13.1. The van der Waals surface area contributed by atoms with Crippen LogP contribution in [0.5, 0.6) is 0 Å². The Balaban J connectivity index is 2.43. The number of carbonyl (C=O) groups excluding carboxylic acids is 1. The molecule has 0 saturated heterocycles. The van der Waals surface area contributed by atoms with E-state index in [-0.39, 0.29) is 12.3 Å². The molecule has 0 bridgehead atoms. The first kappa shape index (κ1) is 29.5. The van der Waals surface area contributed by atoms with Crippen molar-refractivity contribution in [3.05, 3.63) is 53.3 Å². The number of pyridine rings is 1. The van der Waals surface area contributed by atoms with E-state index in [1.807, 2.05) is 0 Å². The second-order valence-electron chi connectivity index (χ2n) is 8.63. The number of hydrogen-bond donors (Lipinski definition) is 1. The minimum atomic E-state index is -4.95. The fourth-order valence-corrected chi connectivity index (χ4v) is 5.53. The molecule has 1 aromatic carbocycles. The molecule has 2 rings (SSSR count). The molecule has 0 atom stereocenters. The van der Waals surface area contributed by atoms with Gasteiger partial charge in [0.1, 0.15) is 5.69 Å². The molecule has 1 heterocycles. The number of hydrogen-bond acceptors (Lipinski definition) is 6. The molecule has 36 heavy (non-hydrogen) atoms. The summed E-state index contributed by atoms with van der Waals surface area (Å²) in [7, 11) is -8.91. The number of aromatic nitrogens is 1. The van der Waals surface area contributed by atoms with Crippen LogP contribution in [-0.4, -0.2) is 44.3 Å². The van der Waals surface area contributed by atoms with Gasteiger partial charge in [0, 0.05) is 12.7 Å². The smallest absolute Gasteiger partial charge is 0.349 e. The minimum Gasteiger partial charge on any atom is -0.349 e. The topological polar surface area (TPSA) is 110 Å². The normalized spacial score (nSPS) is 13.6. The maximum Gasteiger partial charge on any atom is 0.417 e. The van der Waals surface area contributed by atoms with Gasteiger partial charge in [-0.15, -0.1) is 0 Å². The lowest BCUT2D eigenvalue weighted by Gasteiger charge is -2.26. The summed E-state index contributed by atoms with van der Waals surface area (Å²) in [6.45, 7) is 3.85. The van der Waals surface area contributed by atoms with Crippen molar-refractivity contribution < 1.29 is 48.0 Å². The molecule has 0 saturated carbocycles. The summed E-state index contributed by atoms with van der Waals surface area (Å²) >= 11 is 0. The summed E-state index contributed by atoms with van der Waals surface area (Å²) in [4.78, 5) is 14.4. The third-order valence-corrected chi connectivity index (χ3v) is 9.84. The number of rotatable bonds is 7. The zero-order chi connectivity index (χ0) is 27.9. The van der Waals surface area contributed by atoms with E-state index in [0.717, 1.165) is 26.0 Å². The van der Waals surface area contributed by atoms with Crippen molar-refractivity contribution >= 4 is 25.6 Å². The molecule has 0 aliphatic heterocycles. The number of sulfone groups is 2. The number of carbonyl (C=O) groups is 1. The first-order chi connectivity index (χ1) is 16.1. The van der Waals surface area contributed by atoms with Crippen molar-refractivity contribution in [2.45, 2.75) is 59.8 Å². The van der Waals surface area contributed by atoms with Crippen LogP contribution in [0.15, 0.2) is 46.3 Å². The lowest BCUT2D eigenvalue weighted by Crippen LogP contribution is -2.44. The maximum atomic E-state index is 13.1. The molecule has 0 aliphatic carbocycles. The highest BCUT2D eigenvalue weighted by molar-refractivity contribution is 7.93. The molecule has 1 aromatic heterocycles. The summed E-state index contributed by atoms with van der Waals surface area (Å²) in [5, 5.41) is 0.905. The fraction of sp³-hybridized carbons (Fsp3) is 0.429. The third-order valence-electron chi connectivity index (χ3n) is 5.20. The summed E-state index contributed by atoms with van der Waals surface area (Å²) in [6.07, 6.45) is -9.50. The first-order valence-corrected chi connectivity index (χ1v) is 13.2. The second-order valence-corrected chi connectivity index (χ2v) is 13.7. The van der Waals surface area contributed by atoms with E-state index in [1.54, 1.807) is 0 Å². The second kappa shape index (κ2) is 9.65. The van der Waals surface area contributed by atoms with E-state index < -0.39 is 81.1 Å². The van der Waals surface area contributed by atoms with E-state index in [1.165, 1.54) is 13.8 Å². The van der Waals surface area contributed by atoms with Gasteiger partial charge >= 0.3 is 12.4 Å². The van der Waals surface area contributed by atoms with Crippen LogP contribution in [0.3, 0.4) is 0 Å². The van der Waals surface area contributed by atoms with Gasteiger partial charge in [-0.2, -0.15) is 26.3 Å². The Morgan fingerprint density at radius 1 is 0.944 bits per heavy atom. The van der Waals surface area contributed by atoms with Crippen molar-refractivity contribution in [3.63, 3.8) is 0 Å². The van der Waals surface area contributed by atoms with Gasteiger partial charge < -0.3 is 5.32 Å². The number of nitrogens with one attached hydrogen (secondary N) is 1. The van der Waals surface area contributed by atoms with Crippen molar-refractivity contribution in [1.29, 1.82) is 0 Å². The SMILES string of the molecule is CC(C)S(=O)(=O)c1cc(C(F)(F)F)cnc1C(=O)NCC(C)(C)S(=O)(=O)c1cccc(C(F)(F)F)c1. The Hall–Kier alpha value is -2.68. The average molecular weight is 561 g/mol. The Labute approximate surface area is 203 Å². The van der Waals surface area contributed by atoms with Gasteiger partial charge in [-0.1, -0.05) is 6.07 Å². The van der Waals surface area contributed by atoms with Crippen LogP contribution in [0.2, 0.25) is 0 Å². The largest absolute Gasteiger partial charge is 0.417 e. The molecule has 0 aliphatic rings. The highest BCUT2D eigenvalue weighted by Gasteiger charge is 2.40. The van der Waals surface area contributed by atoms with E-state index in [0.29, 0.717) is 12.1 Å². The number of amides is 1. The van der Waals surface area contributed by atoms with Crippen molar-refractivity contribution in [3.8, 4) is 0 Å². The Morgan fingerprint density at radius 2 is 1.50 bits per heavy atom. The number of alkyl halides is 6. The van der Waals surface area contributed by atoms with Gasteiger partial charge in [0.15, 0.2) is 19.7 Å². The van der Waals surface area contributed by atoms with Crippen LogP contribution in [0.1, 0.15) is 49.3 Å². The van der Waals surface area contributed by atoms with Crippen LogP contribution in [0.25, 0.3) is 0 Å². The molecule has 1 N–H and O–H groups in total. The molecular weight excluding hydrogens is 538 g/mol. The minimum absolute atomic E-state index is 0.263. The zero-order valence-electron chi connectivity index (χ0n) is 19.3. The van der Waals surface area contributed by atoms with Crippen molar-refractivity contribution in [2.24, 2.45) is 0 Å². The summed E-state index contributed by atoms with van der Waals surface area (Å²) in [6, 6.07) is 3.23. The number of halogens is 6. The van der Waals surface area contributed by atoms with Gasteiger partial charge in [-0.05, 0) is 52.0 Å². The molecule has 0 fully saturated rings. The van der Waals surface area contributed by atoms with Gasteiger partial charge in [0.05, 0.1) is 30.9 Å². The van der Waals surface area contributed by atoms with Crippen LogP contribution in [0, 0.1) is 0 Å². The molecule has 0 spiro atoms. The Kier molecular flexibility index (Phi) is 7.92. The van der Waals surface area contributed by atoms with Crippen LogP contribution < -0.4 is 5.32 Å². The standard InChI is InChI=1S/C21H22F6N2O5S2/c1-12(2)35(31,32)16-9-14(21(25,26)27)10-28-17(16)18(30)29-11-19(3,4)36(33,34)15-7-5-6-13(8-15)20(22,23)24/h5-10,12H,11H2,1-4H3,(H,29,30). The van der Waals surface area contributed by atoms with Gasteiger partial charge in [0.25, 0.3) is 5.91 Å². The monoisotopic (exact) mass is 560 g/mol. The lowest BCUT2D eigenvalue weighted by atomic mass is 10.2. The third kappa shape index (κ3) is 5.99. The van der Waals surface area contributed by atoms with Gasteiger partial charge in [-0.25, -0.2) is 21.8 Å².